The van der Waals surface area contributed by atoms with Gasteiger partial charge in [-0.25, -0.2) is 0 Å². The number of nitrogens with two attached hydrogens (primary N) is 1. The first kappa shape index (κ1) is 12.9. The highest BCUT2D eigenvalue weighted by Gasteiger charge is 2.20. The summed E-state index contributed by atoms with van der Waals surface area (Å²) in [6, 6.07) is 5.72. The van der Waals surface area contributed by atoms with Gasteiger partial charge in [-0.05, 0) is 19.4 Å². The van der Waals surface area contributed by atoms with Crippen LogP contribution in [0.1, 0.15) is 24.9 Å². The molecule has 3 nitrogen and oxygen atoms in total. The molecule has 0 radical (unpaired) electrons. The lowest BCUT2D eigenvalue weighted by molar-refractivity contribution is 0.173. The van der Waals surface area contributed by atoms with Gasteiger partial charge in [0, 0.05) is 11.6 Å². The predicted molar refractivity (Wildman–Crippen MR) is 66.2 cm³/mol. The molecule has 0 saturated heterocycles. The summed E-state index contributed by atoms with van der Waals surface area (Å²) >= 11 is 0. The monoisotopic (exact) mass is 241 g/mol. The van der Waals surface area contributed by atoms with E-state index in [0.717, 1.165) is 29.1 Å². The van der Waals surface area contributed by atoms with Gasteiger partial charge >= 0.3 is 0 Å². The fourth-order valence-electron chi connectivity index (χ4n) is 1.73. The predicted octanol–water partition coefficient (Wildman–Crippen LogP) is 2.80. The van der Waals surface area contributed by atoms with Gasteiger partial charge in [-0.1, -0.05) is 17.7 Å². The van der Waals surface area contributed by atoms with Gasteiger partial charge in [-0.3, -0.25) is 0 Å². The van der Waals surface area contributed by atoms with Crippen LogP contribution in [0.15, 0.2) is 30.4 Å². The Morgan fingerprint density at radius 3 is 2.94 bits per heavy atom. The van der Waals surface area contributed by atoms with Gasteiger partial charge in [0.05, 0.1) is 0 Å². The van der Waals surface area contributed by atoms with Gasteiger partial charge < -0.3 is 15.2 Å². The third-order valence-electron chi connectivity index (χ3n) is 2.39. The third-order valence-corrected chi connectivity index (χ3v) is 2.39. The second kappa shape index (κ2) is 5.23. The number of benzene rings is 1. The van der Waals surface area contributed by atoms with E-state index in [1.54, 1.807) is 0 Å². The molecule has 1 aliphatic rings. The van der Waals surface area contributed by atoms with Crippen molar-refractivity contribution in [2.24, 2.45) is 5.73 Å². The Hall–Kier alpha value is -1.19. The molecule has 1 heterocycles. The average molecular weight is 242 g/mol. The van der Waals surface area contributed by atoms with Crippen LogP contribution < -0.4 is 15.2 Å². The van der Waals surface area contributed by atoms with Crippen molar-refractivity contribution in [2.45, 2.75) is 19.4 Å². The number of ether oxygens (including phenoxy) is 2. The molecule has 88 valence electrons. The summed E-state index contributed by atoms with van der Waals surface area (Å²) < 4.78 is 10.7. The lowest BCUT2D eigenvalue weighted by Gasteiger charge is -2.13. The van der Waals surface area contributed by atoms with Crippen LogP contribution in [0, 0.1) is 0 Å². The minimum absolute atomic E-state index is 0. The van der Waals surface area contributed by atoms with E-state index in [2.05, 4.69) is 6.58 Å². The number of halogens is 1. The molecule has 0 unspecified atom stereocenters. The zero-order valence-corrected chi connectivity index (χ0v) is 10.0. The SMILES string of the molecule is C=C(C)C[C@H](N)c1cccc2c1OCO2.Cl. The van der Waals surface area contributed by atoms with Crippen molar-refractivity contribution in [3.05, 3.63) is 35.9 Å². The summed E-state index contributed by atoms with van der Waals surface area (Å²) in [7, 11) is 0. The van der Waals surface area contributed by atoms with Gasteiger partial charge in [0.2, 0.25) is 6.79 Å². The van der Waals surface area contributed by atoms with Crippen LogP contribution in [0.3, 0.4) is 0 Å². The molecule has 2 rings (SSSR count). The highest BCUT2D eigenvalue weighted by atomic mass is 35.5. The maximum atomic E-state index is 6.07. The lowest BCUT2D eigenvalue weighted by Crippen LogP contribution is -2.11. The first-order valence-corrected chi connectivity index (χ1v) is 4.97. The fraction of sp³-hybridized carbons (Fsp3) is 0.333. The molecule has 0 saturated carbocycles. The molecule has 1 atom stereocenters. The van der Waals surface area contributed by atoms with E-state index >= 15 is 0 Å². The number of rotatable bonds is 3. The largest absolute Gasteiger partial charge is 0.454 e. The van der Waals surface area contributed by atoms with E-state index in [0.29, 0.717) is 0 Å². The van der Waals surface area contributed by atoms with E-state index < -0.39 is 0 Å². The van der Waals surface area contributed by atoms with Crippen molar-refractivity contribution in [3.8, 4) is 11.5 Å². The Morgan fingerprint density at radius 2 is 2.25 bits per heavy atom. The van der Waals surface area contributed by atoms with Crippen molar-refractivity contribution in [1.82, 2.24) is 0 Å². The second-order valence-corrected chi connectivity index (χ2v) is 3.85. The smallest absolute Gasteiger partial charge is 0.231 e. The summed E-state index contributed by atoms with van der Waals surface area (Å²) in [4.78, 5) is 0. The maximum Gasteiger partial charge on any atom is 0.231 e. The zero-order valence-electron chi connectivity index (χ0n) is 9.23. The van der Waals surface area contributed by atoms with Crippen LogP contribution in [0.5, 0.6) is 11.5 Å². The van der Waals surface area contributed by atoms with Crippen molar-refractivity contribution in [2.75, 3.05) is 6.79 Å². The van der Waals surface area contributed by atoms with E-state index in [-0.39, 0.29) is 25.2 Å². The minimum Gasteiger partial charge on any atom is -0.454 e. The van der Waals surface area contributed by atoms with Crippen LogP contribution in [0.25, 0.3) is 0 Å². The van der Waals surface area contributed by atoms with E-state index in [4.69, 9.17) is 15.2 Å². The van der Waals surface area contributed by atoms with E-state index in [1.807, 2.05) is 25.1 Å². The van der Waals surface area contributed by atoms with Gasteiger partial charge in [0.15, 0.2) is 11.5 Å². The summed E-state index contributed by atoms with van der Waals surface area (Å²) in [5.74, 6) is 1.57. The van der Waals surface area contributed by atoms with Crippen molar-refractivity contribution < 1.29 is 9.47 Å². The summed E-state index contributed by atoms with van der Waals surface area (Å²) in [5.41, 5.74) is 8.13. The molecule has 2 N–H and O–H groups in total. The molecular weight excluding hydrogens is 226 g/mol. The summed E-state index contributed by atoms with van der Waals surface area (Å²) in [5, 5.41) is 0. The van der Waals surface area contributed by atoms with E-state index in [9.17, 15) is 0 Å². The Morgan fingerprint density at radius 1 is 1.50 bits per heavy atom. The molecule has 16 heavy (non-hydrogen) atoms. The van der Waals surface area contributed by atoms with Crippen LogP contribution in [-0.2, 0) is 0 Å². The van der Waals surface area contributed by atoms with Crippen molar-refractivity contribution in [1.29, 1.82) is 0 Å². The Kier molecular flexibility index (Phi) is 4.21. The zero-order chi connectivity index (χ0) is 10.8. The molecule has 0 amide bonds. The summed E-state index contributed by atoms with van der Waals surface area (Å²) in [6.45, 7) is 6.12. The Bertz CT molecular complexity index is 393. The number of hydrogen-bond acceptors (Lipinski definition) is 3. The highest BCUT2D eigenvalue weighted by molar-refractivity contribution is 5.85. The molecule has 4 heteroatoms. The van der Waals surface area contributed by atoms with Gasteiger partial charge in [0.25, 0.3) is 0 Å². The number of hydrogen-bond donors (Lipinski definition) is 1. The molecule has 0 fully saturated rings. The lowest BCUT2D eigenvalue weighted by atomic mass is 10.00. The molecule has 0 aliphatic carbocycles. The first-order valence-electron chi connectivity index (χ1n) is 4.97. The molecule has 0 spiro atoms. The van der Waals surface area contributed by atoms with Crippen molar-refractivity contribution >= 4 is 12.4 Å². The number of fused-ring (bicyclic) bond motifs is 1. The summed E-state index contributed by atoms with van der Waals surface area (Å²) in [6.07, 6.45) is 0.764. The highest BCUT2D eigenvalue weighted by Crippen LogP contribution is 2.38. The van der Waals surface area contributed by atoms with Crippen LogP contribution >= 0.6 is 12.4 Å². The quantitative estimate of drug-likeness (QED) is 0.828. The van der Waals surface area contributed by atoms with Crippen molar-refractivity contribution in [3.63, 3.8) is 0 Å². The maximum absolute atomic E-state index is 6.07. The van der Waals surface area contributed by atoms with Crippen LogP contribution in [0.2, 0.25) is 0 Å². The second-order valence-electron chi connectivity index (χ2n) is 3.85. The van der Waals surface area contributed by atoms with Gasteiger partial charge in [-0.2, -0.15) is 0 Å². The van der Waals surface area contributed by atoms with Gasteiger partial charge in [-0.15, -0.1) is 19.0 Å². The fourth-order valence-corrected chi connectivity index (χ4v) is 1.73. The molecule has 1 aromatic rings. The topological polar surface area (TPSA) is 44.5 Å². The number of para-hydroxylation sites is 1. The first-order chi connectivity index (χ1) is 7.18. The molecular formula is C12H16ClNO2. The Balaban J connectivity index is 0.00000128. The average Bonchev–Trinajstić information content (AvgIpc) is 2.63. The molecule has 0 bridgehead atoms. The standard InChI is InChI=1S/C12H15NO2.ClH/c1-8(2)6-10(13)9-4-3-5-11-12(9)15-7-14-11;/h3-5,10H,1,6-7,13H2,2H3;1H/t10-;/m0./s1. The minimum atomic E-state index is -0.0702. The molecule has 1 aliphatic heterocycles. The molecule has 0 aromatic heterocycles. The molecule has 1 aromatic carbocycles. The van der Waals surface area contributed by atoms with Crippen LogP contribution in [0.4, 0.5) is 0 Å². The van der Waals surface area contributed by atoms with Crippen LogP contribution in [-0.4, -0.2) is 6.79 Å². The Labute approximate surface area is 102 Å². The van der Waals surface area contributed by atoms with Gasteiger partial charge in [0.1, 0.15) is 0 Å². The normalized spacial score (nSPS) is 14.1. The third kappa shape index (κ3) is 2.49. The van der Waals surface area contributed by atoms with E-state index in [1.165, 1.54) is 0 Å².